The van der Waals surface area contributed by atoms with E-state index in [2.05, 4.69) is 5.32 Å². The van der Waals surface area contributed by atoms with Crippen molar-refractivity contribution < 1.29 is 14.0 Å². The molecule has 0 aromatic carbocycles. The Hall–Kier alpha value is -1.13. The van der Waals surface area contributed by atoms with Crippen molar-refractivity contribution in [3.05, 3.63) is 0 Å². The number of alkyl halides is 1. The minimum absolute atomic E-state index is 0.00367. The van der Waals surface area contributed by atoms with E-state index in [1.165, 1.54) is 4.90 Å². The second-order valence-electron chi connectivity index (χ2n) is 5.60. The highest BCUT2D eigenvalue weighted by Gasteiger charge is 2.41. The normalized spacial score (nSPS) is 24.9. The largest absolute Gasteiger partial charge is 0.342 e. The molecule has 2 unspecified atom stereocenters. The Kier molecular flexibility index (Phi) is 5.11. The number of halogens is 1. The molecule has 18 heavy (non-hydrogen) atoms. The van der Waals surface area contributed by atoms with Crippen LogP contribution in [0.5, 0.6) is 0 Å². The first kappa shape index (κ1) is 14.9. The monoisotopic (exact) mass is 258 g/mol. The van der Waals surface area contributed by atoms with Crippen molar-refractivity contribution >= 4 is 11.8 Å². The quantitative estimate of drug-likeness (QED) is 0.809. The second kappa shape index (κ2) is 6.16. The Morgan fingerprint density at radius 3 is 2.33 bits per heavy atom. The molecule has 1 N–H and O–H groups in total. The van der Waals surface area contributed by atoms with Crippen molar-refractivity contribution in [2.24, 2.45) is 11.8 Å². The number of hydrogen-bond donors (Lipinski definition) is 1. The van der Waals surface area contributed by atoms with Gasteiger partial charge in [0.25, 0.3) is 0 Å². The van der Waals surface area contributed by atoms with E-state index in [4.69, 9.17) is 0 Å². The number of piperazine rings is 1. The number of carbonyl (C=O) groups excluding carboxylic acids is 2. The minimum atomic E-state index is -0.614. The fraction of sp³-hybridized carbons (Fsp3) is 0.846. The third-order valence-electron chi connectivity index (χ3n) is 3.17. The molecule has 2 amide bonds. The summed E-state index contributed by atoms with van der Waals surface area (Å²) in [6.07, 6.45) is 0.595. The predicted octanol–water partition coefficient (Wildman–Crippen LogP) is 1.35. The van der Waals surface area contributed by atoms with Gasteiger partial charge in [0.2, 0.25) is 11.8 Å². The van der Waals surface area contributed by atoms with E-state index in [9.17, 15) is 14.0 Å². The zero-order chi connectivity index (χ0) is 13.9. The Bertz CT molecular complexity index is 318. The summed E-state index contributed by atoms with van der Waals surface area (Å²) >= 11 is 0. The molecule has 1 rings (SSSR count). The van der Waals surface area contributed by atoms with Crippen LogP contribution in [-0.4, -0.2) is 42.0 Å². The van der Waals surface area contributed by atoms with Crippen LogP contribution < -0.4 is 5.32 Å². The van der Waals surface area contributed by atoms with Gasteiger partial charge >= 0.3 is 0 Å². The van der Waals surface area contributed by atoms with Gasteiger partial charge in [-0.2, -0.15) is 0 Å². The van der Waals surface area contributed by atoms with Gasteiger partial charge in [0.05, 0.1) is 0 Å². The zero-order valence-corrected chi connectivity index (χ0v) is 11.6. The Balaban J connectivity index is 2.89. The molecule has 1 heterocycles. The molecule has 2 atom stereocenters. The smallest absolute Gasteiger partial charge is 0.245 e. The first-order valence-electron chi connectivity index (χ1n) is 6.55. The summed E-state index contributed by atoms with van der Waals surface area (Å²) in [4.78, 5) is 25.7. The first-order chi connectivity index (χ1) is 8.38. The third-order valence-corrected chi connectivity index (χ3v) is 3.17. The van der Waals surface area contributed by atoms with Gasteiger partial charge in [0.1, 0.15) is 18.8 Å². The number of amides is 2. The molecule has 0 spiro atoms. The summed E-state index contributed by atoms with van der Waals surface area (Å²) in [6.45, 7) is 7.11. The summed E-state index contributed by atoms with van der Waals surface area (Å²) in [6, 6.07) is -1.05. The van der Waals surface area contributed by atoms with Crippen LogP contribution in [-0.2, 0) is 9.59 Å². The Morgan fingerprint density at radius 2 is 1.89 bits per heavy atom. The molecular weight excluding hydrogens is 235 g/mol. The number of hydrogen-bond acceptors (Lipinski definition) is 2. The van der Waals surface area contributed by atoms with E-state index >= 15 is 0 Å². The molecule has 0 aromatic heterocycles. The van der Waals surface area contributed by atoms with Gasteiger partial charge in [0, 0.05) is 6.54 Å². The molecule has 1 fully saturated rings. The van der Waals surface area contributed by atoms with Gasteiger partial charge < -0.3 is 10.2 Å². The molecule has 0 bridgehead atoms. The standard InChI is InChI=1S/C13H23FN2O2/c1-8(2)7-10-13(18)16(6-5-14)11(9(3)4)12(17)15-10/h8-11H,5-7H2,1-4H3,(H,15,17). The van der Waals surface area contributed by atoms with E-state index in [1.54, 1.807) is 0 Å². The van der Waals surface area contributed by atoms with Crippen molar-refractivity contribution in [2.75, 3.05) is 13.2 Å². The lowest BCUT2D eigenvalue weighted by molar-refractivity contribution is -0.151. The van der Waals surface area contributed by atoms with E-state index in [1.807, 2.05) is 27.7 Å². The van der Waals surface area contributed by atoms with E-state index < -0.39 is 18.8 Å². The predicted molar refractivity (Wildman–Crippen MR) is 67.7 cm³/mol. The van der Waals surface area contributed by atoms with Crippen LogP contribution in [0.25, 0.3) is 0 Å². The topological polar surface area (TPSA) is 49.4 Å². The molecule has 0 aromatic rings. The molecule has 4 nitrogen and oxygen atoms in total. The molecule has 0 saturated carbocycles. The average Bonchev–Trinajstić information content (AvgIpc) is 2.24. The Morgan fingerprint density at radius 1 is 1.28 bits per heavy atom. The minimum Gasteiger partial charge on any atom is -0.342 e. The van der Waals surface area contributed by atoms with Crippen LogP contribution in [0.4, 0.5) is 4.39 Å². The van der Waals surface area contributed by atoms with Crippen LogP contribution in [0.1, 0.15) is 34.1 Å². The SMILES string of the molecule is CC(C)CC1NC(=O)C(C(C)C)N(CCF)C1=O. The van der Waals surface area contributed by atoms with Gasteiger partial charge in [0.15, 0.2) is 0 Å². The second-order valence-corrected chi connectivity index (χ2v) is 5.60. The van der Waals surface area contributed by atoms with E-state index in [0.29, 0.717) is 12.3 Å². The summed E-state index contributed by atoms with van der Waals surface area (Å²) < 4.78 is 12.6. The van der Waals surface area contributed by atoms with E-state index in [0.717, 1.165) is 0 Å². The maximum absolute atomic E-state index is 12.6. The lowest BCUT2D eigenvalue weighted by Crippen LogP contribution is -2.65. The first-order valence-corrected chi connectivity index (χ1v) is 6.55. The number of rotatable bonds is 5. The summed E-state index contributed by atoms with van der Waals surface area (Å²) in [5, 5.41) is 2.76. The van der Waals surface area contributed by atoms with Gasteiger partial charge in [-0.1, -0.05) is 27.7 Å². The van der Waals surface area contributed by atoms with Crippen molar-refractivity contribution in [2.45, 2.75) is 46.2 Å². The molecule has 0 aliphatic carbocycles. The number of nitrogens with zero attached hydrogens (tertiary/aromatic N) is 1. The molecule has 0 radical (unpaired) electrons. The number of nitrogens with one attached hydrogen (secondary N) is 1. The Labute approximate surface area is 108 Å². The summed E-state index contributed by atoms with van der Waals surface area (Å²) in [7, 11) is 0. The zero-order valence-electron chi connectivity index (χ0n) is 11.6. The molecule has 1 saturated heterocycles. The van der Waals surface area contributed by atoms with Crippen molar-refractivity contribution in [3.8, 4) is 0 Å². The van der Waals surface area contributed by atoms with Gasteiger partial charge in [-0.3, -0.25) is 9.59 Å². The molecule has 1 aliphatic rings. The van der Waals surface area contributed by atoms with Crippen LogP contribution in [0.2, 0.25) is 0 Å². The summed E-state index contributed by atoms with van der Waals surface area (Å²) in [5.41, 5.74) is 0. The average molecular weight is 258 g/mol. The van der Waals surface area contributed by atoms with Crippen LogP contribution in [0.15, 0.2) is 0 Å². The maximum Gasteiger partial charge on any atom is 0.245 e. The number of carbonyl (C=O) groups is 2. The van der Waals surface area contributed by atoms with Crippen molar-refractivity contribution in [1.29, 1.82) is 0 Å². The van der Waals surface area contributed by atoms with E-state index in [-0.39, 0.29) is 24.3 Å². The third kappa shape index (κ3) is 3.21. The van der Waals surface area contributed by atoms with Crippen LogP contribution >= 0.6 is 0 Å². The lowest BCUT2D eigenvalue weighted by Gasteiger charge is -2.40. The molecule has 5 heteroatoms. The van der Waals surface area contributed by atoms with Crippen LogP contribution in [0, 0.1) is 11.8 Å². The van der Waals surface area contributed by atoms with Crippen molar-refractivity contribution in [1.82, 2.24) is 10.2 Å². The molecule has 104 valence electrons. The van der Waals surface area contributed by atoms with Crippen LogP contribution in [0.3, 0.4) is 0 Å². The molecular formula is C13H23FN2O2. The highest BCUT2D eigenvalue weighted by Crippen LogP contribution is 2.20. The van der Waals surface area contributed by atoms with Gasteiger partial charge in [-0.25, -0.2) is 4.39 Å². The van der Waals surface area contributed by atoms with Crippen molar-refractivity contribution in [3.63, 3.8) is 0 Å². The fourth-order valence-electron chi connectivity index (χ4n) is 2.43. The lowest BCUT2D eigenvalue weighted by atomic mass is 9.94. The summed E-state index contributed by atoms with van der Waals surface area (Å²) in [5.74, 6) is -0.0223. The van der Waals surface area contributed by atoms with Gasteiger partial charge in [-0.15, -0.1) is 0 Å². The maximum atomic E-state index is 12.6. The molecule has 1 aliphatic heterocycles. The van der Waals surface area contributed by atoms with Gasteiger partial charge in [-0.05, 0) is 18.3 Å². The highest BCUT2D eigenvalue weighted by atomic mass is 19.1. The highest BCUT2D eigenvalue weighted by molar-refractivity contribution is 5.97. The fourth-order valence-corrected chi connectivity index (χ4v) is 2.43.